The molecule has 0 spiro atoms. The molecule has 2 aromatic carbocycles. The highest BCUT2D eigenvalue weighted by molar-refractivity contribution is 5.80. The Morgan fingerprint density at radius 2 is 1.59 bits per heavy atom. The van der Waals surface area contributed by atoms with Gasteiger partial charge in [-0.05, 0) is 48.7 Å². The van der Waals surface area contributed by atoms with Crippen molar-refractivity contribution in [2.75, 3.05) is 5.73 Å². The van der Waals surface area contributed by atoms with Gasteiger partial charge in [-0.2, -0.15) is 0 Å². The van der Waals surface area contributed by atoms with Crippen molar-refractivity contribution in [1.29, 1.82) is 0 Å². The summed E-state index contributed by atoms with van der Waals surface area (Å²) >= 11 is 0. The fourth-order valence-corrected chi connectivity index (χ4v) is 2.09. The molecule has 3 heteroatoms. The van der Waals surface area contributed by atoms with Crippen LogP contribution in [0.4, 0.5) is 14.5 Å². The molecular formula is C14H13F2N. The van der Waals surface area contributed by atoms with Crippen molar-refractivity contribution in [3.05, 3.63) is 53.1 Å². The van der Waals surface area contributed by atoms with Crippen LogP contribution in [0.2, 0.25) is 0 Å². The molecule has 0 unspecified atom stereocenters. The van der Waals surface area contributed by atoms with E-state index in [1.54, 1.807) is 26.0 Å². The summed E-state index contributed by atoms with van der Waals surface area (Å²) in [5.74, 6) is -0.746. The lowest BCUT2D eigenvalue weighted by molar-refractivity contribution is 0.625. The van der Waals surface area contributed by atoms with Gasteiger partial charge < -0.3 is 5.73 Å². The van der Waals surface area contributed by atoms with E-state index in [9.17, 15) is 8.78 Å². The molecular weight excluding hydrogens is 220 g/mol. The van der Waals surface area contributed by atoms with E-state index < -0.39 is 5.82 Å². The molecule has 0 atom stereocenters. The molecule has 0 amide bonds. The van der Waals surface area contributed by atoms with E-state index in [0.717, 1.165) is 16.7 Å². The second-order valence-electron chi connectivity index (χ2n) is 4.12. The highest BCUT2D eigenvalue weighted by Crippen LogP contribution is 2.33. The van der Waals surface area contributed by atoms with Crippen LogP contribution >= 0.6 is 0 Å². The zero-order chi connectivity index (χ0) is 12.6. The lowest BCUT2D eigenvalue weighted by Crippen LogP contribution is -1.97. The highest BCUT2D eigenvalue weighted by Gasteiger charge is 2.12. The maximum absolute atomic E-state index is 13.4. The van der Waals surface area contributed by atoms with E-state index in [-0.39, 0.29) is 11.5 Å². The molecule has 2 N–H and O–H groups in total. The Hall–Kier alpha value is -1.90. The molecule has 0 saturated heterocycles. The zero-order valence-electron chi connectivity index (χ0n) is 9.72. The van der Waals surface area contributed by atoms with Gasteiger partial charge in [-0.3, -0.25) is 0 Å². The number of nitrogens with two attached hydrogens (primary N) is 1. The van der Waals surface area contributed by atoms with Crippen molar-refractivity contribution in [1.82, 2.24) is 0 Å². The summed E-state index contributed by atoms with van der Waals surface area (Å²) in [6.07, 6.45) is 0. The minimum atomic E-state index is -0.453. The molecule has 0 heterocycles. The van der Waals surface area contributed by atoms with Crippen molar-refractivity contribution in [2.24, 2.45) is 0 Å². The van der Waals surface area contributed by atoms with E-state index in [1.165, 1.54) is 18.2 Å². The summed E-state index contributed by atoms with van der Waals surface area (Å²) in [4.78, 5) is 0. The standard InChI is InChI=1S/C14H13F2N/c1-8-6-10(15)7-9(2)13(8)11-4-3-5-12(16)14(11)17/h3-7H,17H2,1-2H3. The quantitative estimate of drug-likeness (QED) is 0.744. The number of para-hydroxylation sites is 1. The minimum absolute atomic E-state index is 0.102. The maximum Gasteiger partial charge on any atom is 0.146 e. The zero-order valence-corrected chi connectivity index (χ0v) is 9.72. The van der Waals surface area contributed by atoms with Crippen LogP contribution in [0.15, 0.2) is 30.3 Å². The van der Waals surface area contributed by atoms with Crippen LogP contribution < -0.4 is 5.73 Å². The van der Waals surface area contributed by atoms with Crippen LogP contribution in [0.1, 0.15) is 11.1 Å². The predicted octanol–water partition coefficient (Wildman–Crippen LogP) is 3.83. The average Bonchev–Trinajstić information content (AvgIpc) is 2.23. The first-order valence-corrected chi connectivity index (χ1v) is 5.32. The molecule has 88 valence electrons. The number of hydrogen-bond acceptors (Lipinski definition) is 1. The third-order valence-corrected chi connectivity index (χ3v) is 2.82. The van der Waals surface area contributed by atoms with Gasteiger partial charge in [0.1, 0.15) is 11.6 Å². The summed E-state index contributed by atoms with van der Waals surface area (Å²) in [7, 11) is 0. The molecule has 0 aliphatic rings. The molecule has 17 heavy (non-hydrogen) atoms. The molecule has 0 aliphatic carbocycles. The number of halogens is 2. The number of benzene rings is 2. The molecule has 0 fully saturated rings. The first-order chi connectivity index (χ1) is 8.00. The largest absolute Gasteiger partial charge is 0.396 e. The third-order valence-electron chi connectivity index (χ3n) is 2.82. The number of hydrogen-bond donors (Lipinski definition) is 1. The minimum Gasteiger partial charge on any atom is -0.396 e. The highest BCUT2D eigenvalue weighted by atomic mass is 19.1. The van der Waals surface area contributed by atoms with Crippen LogP contribution in [0.25, 0.3) is 11.1 Å². The van der Waals surface area contributed by atoms with Crippen LogP contribution in [0, 0.1) is 25.5 Å². The van der Waals surface area contributed by atoms with Gasteiger partial charge in [0.15, 0.2) is 0 Å². The van der Waals surface area contributed by atoms with Crippen LogP contribution in [0.5, 0.6) is 0 Å². The van der Waals surface area contributed by atoms with Crippen molar-refractivity contribution in [3.63, 3.8) is 0 Å². The van der Waals surface area contributed by atoms with Crippen molar-refractivity contribution in [2.45, 2.75) is 13.8 Å². The van der Waals surface area contributed by atoms with Crippen molar-refractivity contribution >= 4 is 5.69 Å². The Morgan fingerprint density at radius 3 is 2.18 bits per heavy atom. The van der Waals surface area contributed by atoms with Gasteiger partial charge in [-0.1, -0.05) is 12.1 Å². The summed E-state index contributed by atoms with van der Waals surface area (Å²) in [5.41, 5.74) is 8.73. The van der Waals surface area contributed by atoms with Gasteiger partial charge in [-0.15, -0.1) is 0 Å². The Kier molecular flexibility index (Phi) is 2.84. The number of rotatable bonds is 1. The first-order valence-electron chi connectivity index (χ1n) is 5.32. The Balaban J connectivity index is 2.73. The molecule has 0 bridgehead atoms. The number of anilines is 1. The normalized spacial score (nSPS) is 10.6. The van der Waals surface area contributed by atoms with E-state index in [4.69, 9.17) is 5.73 Å². The van der Waals surface area contributed by atoms with Gasteiger partial charge >= 0.3 is 0 Å². The Labute approximate surface area is 98.9 Å². The second-order valence-corrected chi connectivity index (χ2v) is 4.12. The summed E-state index contributed by atoms with van der Waals surface area (Å²) in [5, 5.41) is 0. The number of aryl methyl sites for hydroxylation is 2. The second kappa shape index (κ2) is 4.17. The summed E-state index contributed by atoms with van der Waals surface area (Å²) in [6, 6.07) is 7.50. The topological polar surface area (TPSA) is 26.0 Å². The van der Waals surface area contributed by atoms with Gasteiger partial charge in [0.2, 0.25) is 0 Å². The Morgan fingerprint density at radius 1 is 1.00 bits per heavy atom. The van der Waals surface area contributed by atoms with E-state index in [0.29, 0.717) is 5.56 Å². The van der Waals surface area contributed by atoms with Gasteiger partial charge in [0.05, 0.1) is 5.69 Å². The molecule has 2 aromatic rings. The van der Waals surface area contributed by atoms with Gasteiger partial charge in [0.25, 0.3) is 0 Å². The van der Waals surface area contributed by atoms with Gasteiger partial charge in [-0.25, -0.2) is 8.78 Å². The van der Waals surface area contributed by atoms with Crippen molar-refractivity contribution in [3.8, 4) is 11.1 Å². The van der Waals surface area contributed by atoms with Crippen molar-refractivity contribution < 1.29 is 8.78 Å². The molecule has 2 rings (SSSR count). The fraction of sp³-hybridized carbons (Fsp3) is 0.143. The van der Waals surface area contributed by atoms with E-state index in [1.807, 2.05) is 0 Å². The van der Waals surface area contributed by atoms with Crippen LogP contribution in [0.3, 0.4) is 0 Å². The van der Waals surface area contributed by atoms with Crippen LogP contribution in [-0.4, -0.2) is 0 Å². The molecule has 0 aromatic heterocycles. The Bertz CT molecular complexity index is 553. The smallest absolute Gasteiger partial charge is 0.146 e. The molecule has 0 saturated carbocycles. The number of nitrogen functional groups attached to an aromatic ring is 1. The lowest BCUT2D eigenvalue weighted by Gasteiger charge is -2.13. The van der Waals surface area contributed by atoms with E-state index in [2.05, 4.69) is 0 Å². The molecule has 0 aliphatic heterocycles. The van der Waals surface area contributed by atoms with Gasteiger partial charge in [0, 0.05) is 5.56 Å². The third kappa shape index (κ3) is 2.00. The fourth-order valence-electron chi connectivity index (χ4n) is 2.09. The summed E-state index contributed by atoms with van der Waals surface area (Å²) < 4.78 is 26.6. The molecule has 1 nitrogen and oxygen atoms in total. The lowest BCUT2D eigenvalue weighted by atomic mass is 9.94. The van der Waals surface area contributed by atoms with E-state index >= 15 is 0 Å². The average molecular weight is 233 g/mol. The summed E-state index contributed by atoms with van der Waals surface area (Å²) in [6.45, 7) is 3.57. The molecule has 0 radical (unpaired) electrons. The maximum atomic E-state index is 13.4. The predicted molar refractivity (Wildman–Crippen MR) is 65.7 cm³/mol. The monoisotopic (exact) mass is 233 g/mol. The first kappa shape index (κ1) is 11.6. The SMILES string of the molecule is Cc1cc(F)cc(C)c1-c1cccc(F)c1N. The van der Waals surface area contributed by atoms with Crippen LogP contribution in [-0.2, 0) is 0 Å².